The number of Topliss-reactive ketones (excluding diaryl/α,β-unsaturated/α-hetero) is 1. The molecule has 0 aliphatic carbocycles. The lowest BCUT2D eigenvalue weighted by molar-refractivity contribution is 0.101. The molecule has 2 aromatic rings. The summed E-state index contributed by atoms with van der Waals surface area (Å²) >= 11 is 0. The fourth-order valence-electron chi connectivity index (χ4n) is 1.78. The van der Waals surface area contributed by atoms with E-state index in [0.717, 1.165) is 17.1 Å². The lowest BCUT2D eigenvalue weighted by Gasteiger charge is -2.06. The second kappa shape index (κ2) is 4.64. The standard InChI is InChI=1S/C14H16N2O2/c1-9-14(10(2)16(4)15-9)18-13-7-5-12(6-8-13)11(3)17/h5-8H,1-4H3. The second-order valence-electron chi connectivity index (χ2n) is 4.31. The van der Waals surface area contributed by atoms with Crippen molar-refractivity contribution in [1.29, 1.82) is 0 Å². The Balaban J connectivity index is 2.26. The molecular formula is C14H16N2O2. The Morgan fingerprint density at radius 2 is 1.83 bits per heavy atom. The number of rotatable bonds is 3. The van der Waals surface area contributed by atoms with Gasteiger partial charge in [0, 0.05) is 12.6 Å². The highest BCUT2D eigenvalue weighted by atomic mass is 16.5. The van der Waals surface area contributed by atoms with Gasteiger partial charge in [0.05, 0.1) is 5.69 Å². The van der Waals surface area contributed by atoms with E-state index in [1.54, 1.807) is 35.9 Å². The Morgan fingerprint density at radius 3 is 2.28 bits per heavy atom. The summed E-state index contributed by atoms with van der Waals surface area (Å²) in [5, 5.41) is 4.29. The molecule has 0 aliphatic rings. The van der Waals surface area contributed by atoms with Crippen LogP contribution in [0.3, 0.4) is 0 Å². The molecule has 18 heavy (non-hydrogen) atoms. The van der Waals surface area contributed by atoms with Gasteiger partial charge >= 0.3 is 0 Å². The van der Waals surface area contributed by atoms with E-state index in [0.29, 0.717) is 11.3 Å². The quantitative estimate of drug-likeness (QED) is 0.779. The predicted octanol–water partition coefficient (Wildman–Crippen LogP) is 3.03. The van der Waals surface area contributed by atoms with E-state index in [9.17, 15) is 4.79 Å². The highest BCUT2D eigenvalue weighted by Gasteiger charge is 2.11. The number of hydrogen-bond acceptors (Lipinski definition) is 3. The van der Waals surface area contributed by atoms with E-state index in [2.05, 4.69) is 5.10 Å². The van der Waals surface area contributed by atoms with E-state index >= 15 is 0 Å². The van der Waals surface area contributed by atoms with Gasteiger partial charge in [-0.3, -0.25) is 9.48 Å². The first-order chi connectivity index (χ1) is 8.49. The summed E-state index contributed by atoms with van der Waals surface area (Å²) < 4.78 is 7.59. The first kappa shape index (κ1) is 12.4. The van der Waals surface area contributed by atoms with Crippen molar-refractivity contribution in [3.8, 4) is 11.5 Å². The first-order valence-corrected chi connectivity index (χ1v) is 5.78. The molecule has 0 radical (unpaired) electrons. The van der Waals surface area contributed by atoms with Crippen LogP contribution in [-0.2, 0) is 7.05 Å². The van der Waals surface area contributed by atoms with Crippen LogP contribution < -0.4 is 4.74 Å². The topological polar surface area (TPSA) is 44.1 Å². The second-order valence-corrected chi connectivity index (χ2v) is 4.31. The Kier molecular flexibility index (Phi) is 3.19. The molecule has 0 saturated heterocycles. The Hall–Kier alpha value is -2.10. The van der Waals surface area contributed by atoms with Gasteiger partial charge in [0.2, 0.25) is 0 Å². The molecule has 1 heterocycles. The summed E-state index contributed by atoms with van der Waals surface area (Å²) in [7, 11) is 1.88. The highest BCUT2D eigenvalue weighted by molar-refractivity contribution is 5.94. The van der Waals surface area contributed by atoms with E-state index in [-0.39, 0.29) is 5.78 Å². The molecule has 0 saturated carbocycles. The minimum absolute atomic E-state index is 0.0512. The van der Waals surface area contributed by atoms with Gasteiger partial charge in [-0.2, -0.15) is 5.10 Å². The van der Waals surface area contributed by atoms with Crippen LogP contribution in [0, 0.1) is 13.8 Å². The maximum Gasteiger partial charge on any atom is 0.171 e. The normalized spacial score (nSPS) is 10.4. The maximum absolute atomic E-state index is 11.2. The van der Waals surface area contributed by atoms with Crippen molar-refractivity contribution < 1.29 is 9.53 Å². The van der Waals surface area contributed by atoms with Crippen LogP contribution in [-0.4, -0.2) is 15.6 Å². The number of aromatic nitrogens is 2. The molecule has 0 aliphatic heterocycles. The number of carbonyl (C=O) groups is 1. The van der Waals surface area contributed by atoms with Gasteiger partial charge in [-0.1, -0.05) is 0 Å². The fraction of sp³-hybridized carbons (Fsp3) is 0.286. The first-order valence-electron chi connectivity index (χ1n) is 5.78. The summed E-state index contributed by atoms with van der Waals surface area (Å²) in [6.07, 6.45) is 0. The Labute approximate surface area is 106 Å². The third-order valence-electron chi connectivity index (χ3n) is 2.92. The number of nitrogens with zero attached hydrogens (tertiary/aromatic N) is 2. The van der Waals surface area contributed by atoms with Crippen molar-refractivity contribution in [2.75, 3.05) is 0 Å². The lowest BCUT2D eigenvalue weighted by atomic mass is 10.1. The Bertz CT molecular complexity index is 583. The zero-order valence-electron chi connectivity index (χ0n) is 11.0. The van der Waals surface area contributed by atoms with Crippen LogP contribution in [0.4, 0.5) is 0 Å². The highest BCUT2D eigenvalue weighted by Crippen LogP contribution is 2.27. The molecule has 0 N–H and O–H groups in total. The molecule has 1 aromatic carbocycles. The average molecular weight is 244 g/mol. The number of benzene rings is 1. The smallest absolute Gasteiger partial charge is 0.171 e. The molecule has 0 spiro atoms. The average Bonchev–Trinajstić information content (AvgIpc) is 2.57. The SMILES string of the molecule is CC(=O)c1ccc(Oc2c(C)nn(C)c2C)cc1. The van der Waals surface area contributed by atoms with Crippen molar-refractivity contribution in [2.45, 2.75) is 20.8 Å². The van der Waals surface area contributed by atoms with E-state index in [4.69, 9.17) is 4.74 Å². The minimum Gasteiger partial charge on any atom is -0.453 e. The third kappa shape index (κ3) is 2.27. The van der Waals surface area contributed by atoms with Crippen LogP contribution in [0.25, 0.3) is 0 Å². The number of ketones is 1. The number of ether oxygens (including phenoxy) is 1. The molecule has 0 bridgehead atoms. The van der Waals surface area contributed by atoms with Gasteiger partial charge in [0.25, 0.3) is 0 Å². The summed E-state index contributed by atoms with van der Waals surface area (Å²) in [5.74, 6) is 1.53. The molecular weight excluding hydrogens is 228 g/mol. The van der Waals surface area contributed by atoms with E-state index in [1.807, 2.05) is 20.9 Å². The van der Waals surface area contributed by atoms with Crippen LogP contribution in [0.2, 0.25) is 0 Å². The van der Waals surface area contributed by atoms with Crippen molar-refractivity contribution >= 4 is 5.78 Å². The van der Waals surface area contributed by atoms with Gasteiger partial charge in [0.1, 0.15) is 11.4 Å². The predicted molar refractivity (Wildman–Crippen MR) is 69.2 cm³/mol. The van der Waals surface area contributed by atoms with Gasteiger partial charge in [-0.15, -0.1) is 0 Å². The van der Waals surface area contributed by atoms with Crippen molar-refractivity contribution in [1.82, 2.24) is 9.78 Å². The van der Waals surface area contributed by atoms with Crippen molar-refractivity contribution in [3.63, 3.8) is 0 Å². The summed E-state index contributed by atoms with van der Waals surface area (Å²) in [4.78, 5) is 11.2. The minimum atomic E-state index is 0.0512. The van der Waals surface area contributed by atoms with Crippen LogP contribution >= 0.6 is 0 Å². The number of carbonyl (C=O) groups excluding carboxylic acids is 1. The third-order valence-corrected chi connectivity index (χ3v) is 2.92. The van der Waals surface area contributed by atoms with Gasteiger partial charge in [-0.05, 0) is 45.0 Å². The van der Waals surface area contributed by atoms with Crippen molar-refractivity contribution in [3.05, 3.63) is 41.2 Å². The molecule has 2 rings (SSSR count). The molecule has 4 nitrogen and oxygen atoms in total. The van der Waals surface area contributed by atoms with E-state index < -0.39 is 0 Å². The van der Waals surface area contributed by atoms with E-state index in [1.165, 1.54) is 0 Å². The van der Waals surface area contributed by atoms with Crippen LogP contribution in [0.15, 0.2) is 24.3 Å². The summed E-state index contributed by atoms with van der Waals surface area (Å²) in [6, 6.07) is 7.11. The summed E-state index contributed by atoms with van der Waals surface area (Å²) in [6.45, 7) is 5.41. The maximum atomic E-state index is 11.2. The zero-order valence-corrected chi connectivity index (χ0v) is 11.0. The van der Waals surface area contributed by atoms with Gasteiger partial charge in [0.15, 0.2) is 11.5 Å². The largest absolute Gasteiger partial charge is 0.453 e. The summed E-state index contributed by atoms with van der Waals surface area (Å²) in [5.41, 5.74) is 2.51. The monoisotopic (exact) mass is 244 g/mol. The Morgan fingerprint density at radius 1 is 1.22 bits per heavy atom. The molecule has 0 fully saturated rings. The van der Waals surface area contributed by atoms with Crippen molar-refractivity contribution in [2.24, 2.45) is 7.05 Å². The van der Waals surface area contributed by atoms with Crippen LogP contribution in [0.5, 0.6) is 11.5 Å². The zero-order chi connectivity index (χ0) is 13.3. The van der Waals surface area contributed by atoms with Gasteiger partial charge < -0.3 is 4.74 Å². The lowest BCUT2D eigenvalue weighted by Crippen LogP contribution is -1.94. The molecule has 0 amide bonds. The molecule has 0 unspecified atom stereocenters. The number of hydrogen-bond donors (Lipinski definition) is 0. The van der Waals surface area contributed by atoms with Gasteiger partial charge in [-0.25, -0.2) is 0 Å². The molecule has 4 heteroatoms. The molecule has 1 aromatic heterocycles. The van der Waals surface area contributed by atoms with Crippen LogP contribution in [0.1, 0.15) is 28.7 Å². The molecule has 0 atom stereocenters. The fourth-order valence-corrected chi connectivity index (χ4v) is 1.78. The number of aryl methyl sites for hydroxylation is 2. The molecule has 94 valence electrons.